The highest BCUT2D eigenvalue weighted by Crippen LogP contribution is 2.33. The van der Waals surface area contributed by atoms with E-state index in [4.69, 9.17) is 23.7 Å². The maximum atomic E-state index is 11.6. The largest absolute Gasteiger partial charge is 0.508 e. The van der Waals surface area contributed by atoms with Gasteiger partial charge in [-0.1, -0.05) is 24.3 Å². The van der Waals surface area contributed by atoms with Gasteiger partial charge in [0, 0.05) is 11.8 Å². The van der Waals surface area contributed by atoms with Gasteiger partial charge in [0.25, 0.3) is 0 Å². The molecule has 0 spiro atoms. The minimum absolute atomic E-state index is 0.0248. The molecule has 5 rings (SSSR count). The van der Waals surface area contributed by atoms with Crippen molar-refractivity contribution in [2.45, 2.75) is 44.5 Å². The molecule has 41 heavy (non-hydrogen) atoms. The van der Waals surface area contributed by atoms with Crippen LogP contribution < -0.4 is 9.47 Å². The van der Waals surface area contributed by atoms with Gasteiger partial charge >= 0.3 is 11.9 Å². The van der Waals surface area contributed by atoms with E-state index in [1.807, 2.05) is 48.5 Å². The molecule has 9 heteroatoms. The molecule has 2 atom stereocenters. The van der Waals surface area contributed by atoms with E-state index in [1.165, 1.54) is 14.2 Å². The second-order valence-electron chi connectivity index (χ2n) is 9.87. The standard InChI is InChI=1S/C20H22O5.C12H14O4/c1-22-17-5-3-14(4-6-17)11-25-18-7-8-19-15(9-18)12-24-13-16(19)10-20(21)23-2;1-15-12(14)5-9-7-16-6-8-4-10(13)2-3-11(8)9/h3-9,16H,10-13H2,1-2H3;2-4,9,13H,5-7H2,1H3. The number of ether oxygens (including phenoxy) is 6. The summed E-state index contributed by atoms with van der Waals surface area (Å²) < 4.78 is 31.5. The van der Waals surface area contributed by atoms with Crippen molar-refractivity contribution >= 4 is 11.9 Å². The SMILES string of the molecule is COC(=O)CC1COCc2cc(O)ccc21.COC(=O)CC1COCc2cc(OCc3ccc(OC)cc3)ccc21. The van der Waals surface area contributed by atoms with E-state index < -0.39 is 0 Å². The molecule has 3 aromatic carbocycles. The first-order chi connectivity index (χ1) is 19.9. The first-order valence-electron chi connectivity index (χ1n) is 13.4. The van der Waals surface area contributed by atoms with Crippen molar-refractivity contribution in [2.75, 3.05) is 34.5 Å². The zero-order valence-electron chi connectivity index (χ0n) is 23.6. The molecule has 0 aliphatic carbocycles. The number of phenols is 1. The average Bonchev–Trinajstić information content (AvgIpc) is 3.00. The number of benzene rings is 3. The number of aromatic hydroxyl groups is 1. The molecule has 2 aliphatic rings. The number of rotatable bonds is 8. The molecule has 218 valence electrons. The van der Waals surface area contributed by atoms with Gasteiger partial charge in [0.1, 0.15) is 23.9 Å². The van der Waals surface area contributed by atoms with Crippen molar-refractivity contribution in [3.05, 3.63) is 88.5 Å². The maximum absolute atomic E-state index is 11.6. The number of fused-ring (bicyclic) bond motifs is 2. The van der Waals surface area contributed by atoms with Gasteiger partial charge in [-0.2, -0.15) is 0 Å². The minimum atomic E-state index is -0.241. The lowest BCUT2D eigenvalue weighted by molar-refractivity contribution is -0.142. The van der Waals surface area contributed by atoms with Crippen LogP contribution in [0.2, 0.25) is 0 Å². The maximum Gasteiger partial charge on any atom is 0.306 e. The Kier molecular flexibility index (Phi) is 10.6. The molecule has 3 aromatic rings. The topological polar surface area (TPSA) is 110 Å². The summed E-state index contributed by atoms with van der Waals surface area (Å²) in [6.07, 6.45) is 0.643. The Balaban J connectivity index is 0.000000208. The number of carbonyl (C=O) groups excluding carboxylic acids is 2. The molecule has 2 heterocycles. The third kappa shape index (κ3) is 8.22. The lowest BCUT2D eigenvalue weighted by atomic mass is 9.90. The van der Waals surface area contributed by atoms with Crippen molar-refractivity contribution in [1.29, 1.82) is 0 Å². The molecular weight excluding hydrogens is 528 g/mol. The van der Waals surface area contributed by atoms with E-state index in [0.717, 1.165) is 39.3 Å². The number of methoxy groups -OCH3 is 3. The number of esters is 2. The van der Waals surface area contributed by atoms with E-state index in [-0.39, 0.29) is 29.5 Å². The normalized spacial score (nSPS) is 17.1. The Morgan fingerprint density at radius 3 is 1.85 bits per heavy atom. The van der Waals surface area contributed by atoms with E-state index in [1.54, 1.807) is 19.2 Å². The summed E-state index contributed by atoms with van der Waals surface area (Å²) in [5, 5.41) is 9.36. The van der Waals surface area contributed by atoms with Crippen LogP contribution in [-0.4, -0.2) is 51.6 Å². The summed E-state index contributed by atoms with van der Waals surface area (Å²) in [5.74, 6) is 1.43. The molecule has 0 radical (unpaired) electrons. The van der Waals surface area contributed by atoms with Gasteiger partial charge in [-0.15, -0.1) is 0 Å². The lowest BCUT2D eigenvalue weighted by Gasteiger charge is -2.25. The van der Waals surface area contributed by atoms with Gasteiger partial charge in [0.2, 0.25) is 0 Å². The Morgan fingerprint density at radius 2 is 1.29 bits per heavy atom. The Bertz CT molecular complexity index is 1320. The fourth-order valence-corrected chi connectivity index (χ4v) is 4.91. The summed E-state index contributed by atoms with van der Waals surface area (Å²) in [5.41, 5.74) is 5.27. The number of hydrogen-bond acceptors (Lipinski definition) is 9. The first kappa shape index (κ1) is 29.9. The third-order valence-electron chi connectivity index (χ3n) is 7.12. The second-order valence-corrected chi connectivity index (χ2v) is 9.87. The fraction of sp³-hybridized carbons (Fsp3) is 0.375. The van der Waals surface area contributed by atoms with Crippen LogP contribution in [0, 0.1) is 0 Å². The van der Waals surface area contributed by atoms with Crippen LogP contribution in [0.15, 0.2) is 60.7 Å². The van der Waals surface area contributed by atoms with Crippen molar-refractivity contribution in [1.82, 2.24) is 0 Å². The summed E-state index contributed by atoms with van der Waals surface area (Å²) >= 11 is 0. The summed E-state index contributed by atoms with van der Waals surface area (Å²) in [7, 11) is 4.43. The quantitative estimate of drug-likeness (QED) is 0.377. The van der Waals surface area contributed by atoms with Gasteiger partial charge in [0.15, 0.2) is 0 Å². The highest BCUT2D eigenvalue weighted by atomic mass is 16.5. The highest BCUT2D eigenvalue weighted by Gasteiger charge is 2.25. The molecule has 2 unspecified atom stereocenters. The number of carbonyl (C=O) groups is 2. The molecule has 0 bridgehead atoms. The van der Waals surface area contributed by atoms with Crippen LogP contribution in [0.25, 0.3) is 0 Å². The number of hydrogen-bond donors (Lipinski definition) is 1. The summed E-state index contributed by atoms with van der Waals surface area (Å²) in [6.45, 7) is 2.56. The van der Waals surface area contributed by atoms with Crippen molar-refractivity contribution in [3.8, 4) is 17.2 Å². The van der Waals surface area contributed by atoms with Gasteiger partial charge in [-0.25, -0.2) is 0 Å². The molecule has 9 nitrogen and oxygen atoms in total. The second kappa shape index (κ2) is 14.5. The van der Waals surface area contributed by atoms with Crippen molar-refractivity contribution < 1.29 is 43.1 Å². The monoisotopic (exact) mass is 564 g/mol. The van der Waals surface area contributed by atoms with Gasteiger partial charge < -0.3 is 33.5 Å². The van der Waals surface area contributed by atoms with Gasteiger partial charge in [-0.3, -0.25) is 9.59 Å². The average molecular weight is 565 g/mol. The predicted octanol–water partition coefficient (Wildman–Crippen LogP) is 5.02. The molecular formula is C32H36O9. The van der Waals surface area contributed by atoms with Crippen molar-refractivity contribution in [3.63, 3.8) is 0 Å². The molecule has 2 aliphatic heterocycles. The van der Waals surface area contributed by atoms with Crippen molar-refractivity contribution in [2.24, 2.45) is 0 Å². The zero-order chi connectivity index (χ0) is 29.2. The summed E-state index contributed by atoms with van der Waals surface area (Å²) in [4.78, 5) is 22.8. The molecule has 0 aromatic heterocycles. The molecule has 0 amide bonds. The van der Waals surface area contributed by atoms with Crippen LogP contribution in [-0.2, 0) is 48.4 Å². The zero-order valence-corrected chi connectivity index (χ0v) is 23.6. The van der Waals surface area contributed by atoms with Crippen LogP contribution in [0.3, 0.4) is 0 Å². The van der Waals surface area contributed by atoms with E-state index in [9.17, 15) is 14.7 Å². The van der Waals surface area contributed by atoms with Crippen LogP contribution in [0.1, 0.15) is 52.5 Å². The predicted molar refractivity (Wildman–Crippen MR) is 150 cm³/mol. The fourth-order valence-electron chi connectivity index (χ4n) is 4.91. The van der Waals surface area contributed by atoms with E-state index >= 15 is 0 Å². The Labute approximate surface area is 239 Å². The smallest absolute Gasteiger partial charge is 0.306 e. The van der Waals surface area contributed by atoms with Crippen LogP contribution >= 0.6 is 0 Å². The molecule has 0 saturated heterocycles. The Hall–Kier alpha value is -4.08. The third-order valence-corrected chi connectivity index (χ3v) is 7.12. The van der Waals surface area contributed by atoms with Gasteiger partial charge in [-0.05, 0) is 64.2 Å². The minimum Gasteiger partial charge on any atom is -0.508 e. The highest BCUT2D eigenvalue weighted by molar-refractivity contribution is 5.71. The van der Waals surface area contributed by atoms with Gasteiger partial charge in [0.05, 0.1) is 60.6 Å². The van der Waals surface area contributed by atoms with Crippen LogP contribution in [0.5, 0.6) is 17.2 Å². The molecule has 0 saturated carbocycles. The Morgan fingerprint density at radius 1 is 0.756 bits per heavy atom. The van der Waals surface area contributed by atoms with E-state index in [2.05, 4.69) is 4.74 Å². The van der Waals surface area contributed by atoms with Crippen LogP contribution in [0.4, 0.5) is 0 Å². The number of phenolic OH excluding ortho intramolecular Hbond substituents is 1. The molecule has 1 N–H and O–H groups in total. The lowest BCUT2D eigenvalue weighted by Crippen LogP contribution is -2.20. The van der Waals surface area contributed by atoms with E-state index in [0.29, 0.717) is 45.9 Å². The summed E-state index contributed by atoms with van der Waals surface area (Å²) in [6, 6.07) is 18.9. The first-order valence-corrected chi connectivity index (χ1v) is 13.4. The molecule has 0 fully saturated rings.